The zero-order valence-corrected chi connectivity index (χ0v) is 13.3. The van der Waals surface area contributed by atoms with Crippen LogP contribution in [-0.4, -0.2) is 25.2 Å². The minimum absolute atomic E-state index is 0.0122. The van der Waals surface area contributed by atoms with Gasteiger partial charge in [0.25, 0.3) is 0 Å². The highest BCUT2D eigenvalue weighted by Gasteiger charge is 2.22. The number of H-pyrrole nitrogens is 1. The second kappa shape index (κ2) is 5.32. The van der Waals surface area contributed by atoms with E-state index in [1.54, 1.807) is 0 Å². The molecule has 7 nitrogen and oxygen atoms in total. The van der Waals surface area contributed by atoms with E-state index in [9.17, 15) is 8.42 Å². The molecule has 0 bridgehead atoms. The van der Waals surface area contributed by atoms with Gasteiger partial charge in [-0.15, -0.1) is 0 Å². The molecule has 0 spiro atoms. The lowest BCUT2D eigenvalue weighted by atomic mass is 10.1. The Hall–Kier alpha value is -1.58. The Morgan fingerprint density at radius 1 is 1.48 bits per heavy atom. The van der Waals surface area contributed by atoms with Crippen molar-refractivity contribution >= 4 is 31.8 Å². The van der Waals surface area contributed by atoms with Gasteiger partial charge in [0, 0.05) is 23.0 Å². The van der Waals surface area contributed by atoms with E-state index in [2.05, 4.69) is 30.8 Å². The van der Waals surface area contributed by atoms with Crippen molar-refractivity contribution in [3.8, 4) is 5.75 Å². The number of nitrogens with two attached hydrogens (primary N) is 1. The van der Waals surface area contributed by atoms with Crippen LogP contribution < -0.4 is 15.2 Å². The van der Waals surface area contributed by atoms with Crippen LogP contribution in [0.2, 0.25) is 0 Å². The van der Waals surface area contributed by atoms with Crippen molar-refractivity contribution < 1.29 is 13.2 Å². The van der Waals surface area contributed by atoms with Crippen molar-refractivity contribution in [1.82, 2.24) is 14.9 Å². The summed E-state index contributed by atoms with van der Waals surface area (Å²) in [7, 11) is -3.72. The van der Waals surface area contributed by atoms with Gasteiger partial charge in [-0.3, -0.25) is 5.10 Å². The fourth-order valence-corrected chi connectivity index (χ4v) is 3.81. The molecule has 1 aromatic carbocycles. The Morgan fingerprint density at radius 3 is 3.00 bits per heavy atom. The molecule has 1 aliphatic rings. The molecule has 0 saturated carbocycles. The smallest absolute Gasteiger partial charge is 0.246 e. The molecule has 4 N–H and O–H groups in total. The summed E-state index contributed by atoms with van der Waals surface area (Å²) < 4.78 is 33.3. The minimum Gasteiger partial charge on any atom is -0.493 e. The molecule has 0 fully saturated rings. The summed E-state index contributed by atoms with van der Waals surface area (Å²) >= 11 is 3.42. The maximum Gasteiger partial charge on any atom is 0.246 e. The van der Waals surface area contributed by atoms with Gasteiger partial charge in [-0.05, 0) is 17.7 Å². The number of hydrogen-bond acceptors (Lipinski definition) is 5. The SMILES string of the molecule is Nc1[nH]ncc1S(=O)(=O)NCc1cc(Br)cc2c1OCC2. The quantitative estimate of drug-likeness (QED) is 0.745. The summed E-state index contributed by atoms with van der Waals surface area (Å²) in [5.41, 5.74) is 7.39. The molecule has 1 aliphatic heterocycles. The first-order chi connectivity index (χ1) is 9.97. The summed E-state index contributed by atoms with van der Waals surface area (Å²) in [6, 6.07) is 3.82. The standard InChI is InChI=1S/C12H13BrN4O3S/c13-9-3-7-1-2-20-11(7)8(4-9)5-16-21(18,19)10-6-15-17-12(10)14/h3-4,6,16H,1-2,5H2,(H3,14,15,17). The summed E-state index contributed by atoms with van der Waals surface area (Å²) in [6.07, 6.45) is 2.00. The van der Waals surface area contributed by atoms with Gasteiger partial charge in [-0.2, -0.15) is 5.10 Å². The van der Waals surface area contributed by atoms with Crippen LogP contribution in [0.15, 0.2) is 27.7 Å². The van der Waals surface area contributed by atoms with E-state index in [0.29, 0.717) is 6.61 Å². The van der Waals surface area contributed by atoms with Gasteiger partial charge in [0.2, 0.25) is 10.0 Å². The van der Waals surface area contributed by atoms with Crippen LogP contribution in [-0.2, 0) is 23.0 Å². The lowest BCUT2D eigenvalue weighted by Crippen LogP contribution is -2.24. The average Bonchev–Trinajstić information content (AvgIpc) is 3.04. The van der Waals surface area contributed by atoms with Gasteiger partial charge < -0.3 is 10.5 Å². The summed E-state index contributed by atoms with van der Waals surface area (Å²) in [6.45, 7) is 0.731. The number of nitrogen functional groups attached to an aromatic ring is 1. The molecule has 3 rings (SSSR count). The van der Waals surface area contributed by atoms with Gasteiger partial charge in [0.15, 0.2) is 0 Å². The zero-order chi connectivity index (χ0) is 15.0. The fraction of sp³-hybridized carbons (Fsp3) is 0.250. The first kappa shape index (κ1) is 14.4. The van der Waals surface area contributed by atoms with Gasteiger partial charge in [-0.25, -0.2) is 13.1 Å². The molecular formula is C12H13BrN4O3S. The Kier molecular flexibility index (Phi) is 3.64. The van der Waals surface area contributed by atoms with Crippen LogP contribution in [0.3, 0.4) is 0 Å². The van der Waals surface area contributed by atoms with Crippen LogP contribution in [0.4, 0.5) is 5.82 Å². The number of halogens is 1. The summed E-state index contributed by atoms with van der Waals surface area (Å²) in [4.78, 5) is -0.0601. The Balaban J connectivity index is 1.85. The second-order valence-electron chi connectivity index (χ2n) is 4.62. The highest BCUT2D eigenvalue weighted by atomic mass is 79.9. The Morgan fingerprint density at radius 2 is 2.29 bits per heavy atom. The largest absolute Gasteiger partial charge is 0.493 e. The summed E-state index contributed by atoms with van der Waals surface area (Å²) in [5, 5.41) is 6.01. The number of anilines is 1. The Labute approximate surface area is 130 Å². The van der Waals surface area contributed by atoms with Gasteiger partial charge >= 0.3 is 0 Å². The minimum atomic E-state index is -3.72. The molecule has 1 aromatic heterocycles. The van der Waals surface area contributed by atoms with Crippen molar-refractivity contribution in [2.45, 2.75) is 17.9 Å². The van der Waals surface area contributed by atoms with Crippen LogP contribution in [0, 0.1) is 0 Å². The van der Waals surface area contributed by atoms with Gasteiger partial charge in [0.1, 0.15) is 16.5 Å². The maximum atomic E-state index is 12.2. The molecular weight excluding hydrogens is 360 g/mol. The van der Waals surface area contributed by atoms with Crippen molar-refractivity contribution in [3.63, 3.8) is 0 Å². The van der Waals surface area contributed by atoms with Crippen LogP contribution in [0.5, 0.6) is 5.75 Å². The number of nitrogens with zero attached hydrogens (tertiary/aromatic N) is 1. The average molecular weight is 373 g/mol. The number of ether oxygens (including phenoxy) is 1. The van der Waals surface area contributed by atoms with E-state index in [4.69, 9.17) is 10.5 Å². The summed E-state index contributed by atoms with van der Waals surface area (Å²) in [5.74, 6) is 0.763. The number of rotatable bonds is 4. The molecule has 0 amide bonds. The molecule has 21 heavy (non-hydrogen) atoms. The predicted octanol–water partition coefficient (Wildman–Crippen LogP) is 1.17. The third kappa shape index (κ3) is 2.76. The maximum absolute atomic E-state index is 12.2. The van der Waals surface area contributed by atoms with Gasteiger partial charge in [-0.1, -0.05) is 15.9 Å². The number of fused-ring (bicyclic) bond motifs is 1. The molecule has 0 atom stereocenters. The zero-order valence-electron chi connectivity index (χ0n) is 10.9. The number of hydrogen-bond donors (Lipinski definition) is 3. The fourth-order valence-electron chi connectivity index (χ4n) is 2.23. The first-order valence-electron chi connectivity index (χ1n) is 6.20. The van der Waals surface area contributed by atoms with E-state index in [1.807, 2.05) is 12.1 Å². The molecule has 2 aromatic rings. The lowest BCUT2D eigenvalue weighted by Gasteiger charge is -2.10. The number of nitrogens with one attached hydrogen (secondary N) is 2. The van der Waals surface area contributed by atoms with Crippen molar-refractivity contribution in [1.29, 1.82) is 0 Å². The molecule has 0 radical (unpaired) electrons. The van der Waals surface area contributed by atoms with E-state index in [0.717, 1.165) is 27.8 Å². The number of aromatic amines is 1. The molecule has 9 heteroatoms. The molecule has 0 aliphatic carbocycles. The normalized spacial score (nSPS) is 14.0. The number of sulfonamides is 1. The van der Waals surface area contributed by atoms with E-state index < -0.39 is 10.0 Å². The topological polar surface area (TPSA) is 110 Å². The lowest BCUT2D eigenvalue weighted by molar-refractivity contribution is 0.353. The van der Waals surface area contributed by atoms with E-state index in [1.165, 1.54) is 6.20 Å². The van der Waals surface area contributed by atoms with Crippen molar-refractivity contribution in [2.24, 2.45) is 0 Å². The van der Waals surface area contributed by atoms with Crippen LogP contribution in [0.1, 0.15) is 11.1 Å². The first-order valence-corrected chi connectivity index (χ1v) is 8.47. The van der Waals surface area contributed by atoms with Crippen LogP contribution >= 0.6 is 15.9 Å². The third-order valence-electron chi connectivity index (χ3n) is 3.20. The molecule has 112 valence electrons. The highest BCUT2D eigenvalue weighted by molar-refractivity contribution is 9.10. The Bertz CT molecular complexity index is 788. The molecule has 2 heterocycles. The van der Waals surface area contributed by atoms with Gasteiger partial charge in [0.05, 0.1) is 12.8 Å². The van der Waals surface area contributed by atoms with E-state index >= 15 is 0 Å². The molecule has 0 saturated heterocycles. The number of benzene rings is 1. The second-order valence-corrected chi connectivity index (χ2v) is 7.28. The van der Waals surface area contributed by atoms with Crippen molar-refractivity contribution in [3.05, 3.63) is 33.9 Å². The number of aromatic nitrogens is 2. The van der Waals surface area contributed by atoms with Crippen LogP contribution in [0.25, 0.3) is 0 Å². The molecule has 0 unspecified atom stereocenters. The van der Waals surface area contributed by atoms with E-state index in [-0.39, 0.29) is 17.3 Å². The monoisotopic (exact) mass is 372 g/mol. The third-order valence-corrected chi connectivity index (χ3v) is 5.09. The van der Waals surface area contributed by atoms with Crippen molar-refractivity contribution in [2.75, 3.05) is 12.3 Å². The highest BCUT2D eigenvalue weighted by Crippen LogP contribution is 2.33. The predicted molar refractivity (Wildman–Crippen MR) is 80.4 cm³/mol.